The molecule has 0 spiro atoms. The van der Waals surface area contributed by atoms with Gasteiger partial charge >= 0.3 is 0 Å². The number of H-pyrrole nitrogens is 2. The van der Waals surface area contributed by atoms with Crippen LogP contribution in [0.2, 0.25) is 0 Å². The highest BCUT2D eigenvalue weighted by Crippen LogP contribution is 2.07. The fourth-order valence-electron chi connectivity index (χ4n) is 1.34. The van der Waals surface area contributed by atoms with Crippen LogP contribution in [0.15, 0.2) is 6.20 Å². The molecule has 0 aliphatic carbocycles. The third-order valence-corrected chi connectivity index (χ3v) is 2.20. The van der Waals surface area contributed by atoms with Gasteiger partial charge in [-0.15, -0.1) is 5.10 Å². The van der Waals surface area contributed by atoms with Gasteiger partial charge in [0.25, 0.3) is 5.91 Å². The van der Waals surface area contributed by atoms with E-state index in [1.54, 1.807) is 13.1 Å². The number of anilines is 1. The summed E-state index contributed by atoms with van der Waals surface area (Å²) in [6.45, 7) is 3.60. The van der Waals surface area contributed by atoms with E-state index in [0.29, 0.717) is 5.82 Å². The number of nitrogens with zero attached hydrogens (tertiary/aromatic N) is 3. The summed E-state index contributed by atoms with van der Waals surface area (Å²) in [5.74, 6) is 0.608. The molecule has 0 unspecified atom stereocenters. The Kier molecular flexibility index (Phi) is 2.77. The highest BCUT2D eigenvalue weighted by atomic mass is 16.2. The summed E-state index contributed by atoms with van der Waals surface area (Å²) in [5.41, 5.74) is 6.20. The number of hydrogen-bond acceptors (Lipinski definition) is 5. The Hall–Kier alpha value is -2.38. The lowest BCUT2D eigenvalue weighted by Crippen LogP contribution is -2.28. The quantitative estimate of drug-likeness (QED) is 0.591. The number of imidazole rings is 1. The summed E-state index contributed by atoms with van der Waals surface area (Å²) in [4.78, 5) is 22.5. The minimum absolute atomic E-state index is 0.148. The van der Waals surface area contributed by atoms with Crippen molar-refractivity contribution in [2.75, 3.05) is 5.73 Å². The standard InChI is InChI=1S/C9H13N7O/c1-4-3-11-7(12-4)8(17)13-5(2)6-14-9(10)16-15-6/h3,5H,1-2H3,(H,11,12)(H,13,17)(H3,10,14,15,16)/t5-/m1/s1. The molecule has 8 nitrogen and oxygen atoms in total. The first-order valence-electron chi connectivity index (χ1n) is 5.06. The topological polar surface area (TPSA) is 125 Å². The molecule has 0 bridgehead atoms. The van der Waals surface area contributed by atoms with Crippen LogP contribution >= 0.6 is 0 Å². The van der Waals surface area contributed by atoms with E-state index < -0.39 is 0 Å². The molecule has 5 N–H and O–H groups in total. The molecule has 2 heterocycles. The van der Waals surface area contributed by atoms with Gasteiger partial charge < -0.3 is 16.0 Å². The molecule has 0 saturated heterocycles. The highest BCUT2D eigenvalue weighted by molar-refractivity contribution is 5.90. The average molecular weight is 235 g/mol. The average Bonchev–Trinajstić information content (AvgIpc) is 2.87. The maximum Gasteiger partial charge on any atom is 0.287 e. The van der Waals surface area contributed by atoms with Crippen molar-refractivity contribution in [3.63, 3.8) is 0 Å². The van der Waals surface area contributed by atoms with Gasteiger partial charge in [-0.2, -0.15) is 4.98 Å². The van der Waals surface area contributed by atoms with E-state index in [0.717, 1.165) is 5.69 Å². The number of aryl methyl sites for hydroxylation is 1. The highest BCUT2D eigenvalue weighted by Gasteiger charge is 2.16. The van der Waals surface area contributed by atoms with Crippen LogP contribution in [0.5, 0.6) is 0 Å². The van der Waals surface area contributed by atoms with Gasteiger partial charge in [0.15, 0.2) is 5.82 Å². The van der Waals surface area contributed by atoms with E-state index in [2.05, 4.69) is 30.5 Å². The van der Waals surface area contributed by atoms with Crippen molar-refractivity contribution in [2.24, 2.45) is 0 Å². The molecule has 1 amide bonds. The lowest BCUT2D eigenvalue weighted by Gasteiger charge is -2.09. The molecule has 0 aliphatic heterocycles. The van der Waals surface area contributed by atoms with Crippen LogP contribution in [0.25, 0.3) is 0 Å². The van der Waals surface area contributed by atoms with Crippen molar-refractivity contribution < 1.29 is 4.79 Å². The Morgan fingerprint density at radius 1 is 1.59 bits per heavy atom. The Morgan fingerprint density at radius 3 is 2.88 bits per heavy atom. The van der Waals surface area contributed by atoms with Gasteiger partial charge in [0.05, 0.1) is 6.04 Å². The van der Waals surface area contributed by atoms with Gasteiger partial charge in [0.1, 0.15) is 5.82 Å². The van der Waals surface area contributed by atoms with Gasteiger partial charge in [-0.25, -0.2) is 4.98 Å². The van der Waals surface area contributed by atoms with Crippen LogP contribution < -0.4 is 11.1 Å². The van der Waals surface area contributed by atoms with E-state index in [-0.39, 0.29) is 23.7 Å². The van der Waals surface area contributed by atoms with Gasteiger partial charge in [-0.1, -0.05) is 0 Å². The minimum Gasteiger partial charge on any atom is -0.367 e. The van der Waals surface area contributed by atoms with Crippen LogP contribution in [0.1, 0.15) is 35.1 Å². The fourth-order valence-corrected chi connectivity index (χ4v) is 1.34. The van der Waals surface area contributed by atoms with Gasteiger partial charge in [-0.05, 0) is 13.8 Å². The zero-order valence-corrected chi connectivity index (χ0v) is 9.48. The van der Waals surface area contributed by atoms with E-state index in [1.165, 1.54) is 0 Å². The molecule has 0 aromatic carbocycles. The van der Waals surface area contributed by atoms with Crippen LogP contribution in [0.3, 0.4) is 0 Å². The fraction of sp³-hybridized carbons (Fsp3) is 0.333. The van der Waals surface area contributed by atoms with Gasteiger partial charge in [0, 0.05) is 11.9 Å². The number of aromatic nitrogens is 5. The lowest BCUT2D eigenvalue weighted by molar-refractivity contribution is 0.0928. The molecule has 90 valence electrons. The van der Waals surface area contributed by atoms with Crippen LogP contribution in [-0.4, -0.2) is 31.1 Å². The largest absolute Gasteiger partial charge is 0.367 e. The second kappa shape index (κ2) is 4.24. The number of amides is 1. The third-order valence-electron chi connectivity index (χ3n) is 2.20. The number of nitrogens with one attached hydrogen (secondary N) is 3. The Balaban J connectivity index is 2.04. The molecular weight excluding hydrogens is 222 g/mol. The number of aromatic amines is 2. The maximum atomic E-state index is 11.8. The molecule has 17 heavy (non-hydrogen) atoms. The van der Waals surface area contributed by atoms with Crippen LogP contribution in [-0.2, 0) is 0 Å². The van der Waals surface area contributed by atoms with Crippen molar-refractivity contribution in [3.8, 4) is 0 Å². The van der Waals surface area contributed by atoms with Crippen LogP contribution in [0, 0.1) is 6.92 Å². The molecule has 0 saturated carbocycles. The number of nitrogen functional groups attached to an aromatic ring is 1. The number of rotatable bonds is 3. The van der Waals surface area contributed by atoms with E-state index >= 15 is 0 Å². The second-order valence-corrected chi connectivity index (χ2v) is 3.69. The van der Waals surface area contributed by atoms with Gasteiger partial charge in [0.2, 0.25) is 5.95 Å². The second-order valence-electron chi connectivity index (χ2n) is 3.69. The molecule has 0 fully saturated rings. The maximum absolute atomic E-state index is 11.8. The van der Waals surface area contributed by atoms with E-state index in [4.69, 9.17) is 5.73 Å². The first-order chi connectivity index (χ1) is 8.06. The summed E-state index contributed by atoms with van der Waals surface area (Å²) in [6.07, 6.45) is 1.59. The molecule has 2 aromatic heterocycles. The number of carbonyl (C=O) groups is 1. The molecule has 2 rings (SSSR count). The summed E-state index contributed by atoms with van der Waals surface area (Å²) in [7, 11) is 0. The van der Waals surface area contributed by atoms with Crippen molar-refractivity contribution >= 4 is 11.9 Å². The SMILES string of the molecule is Cc1cnc(C(=O)N[C@H](C)c2nc(N)n[nH]2)[nH]1. The molecular formula is C9H13N7O. The van der Waals surface area contributed by atoms with E-state index in [9.17, 15) is 4.79 Å². The first-order valence-corrected chi connectivity index (χ1v) is 5.06. The van der Waals surface area contributed by atoms with Gasteiger partial charge in [-0.3, -0.25) is 9.89 Å². The Morgan fingerprint density at radius 2 is 2.35 bits per heavy atom. The summed E-state index contributed by atoms with van der Waals surface area (Å²) in [5, 5.41) is 9.04. The minimum atomic E-state index is -0.322. The number of nitrogens with two attached hydrogens (primary N) is 1. The molecule has 2 aromatic rings. The smallest absolute Gasteiger partial charge is 0.287 e. The Labute approximate surface area is 97.0 Å². The predicted molar refractivity (Wildman–Crippen MR) is 60.0 cm³/mol. The van der Waals surface area contributed by atoms with Crippen molar-refractivity contribution in [2.45, 2.75) is 19.9 Å². The molecule has 0 radical (unpaired) electrons. The first kappa shape index (κ1) is 11.1. The number of hydrogen-bond donors (Lipinski definition) is 4. The summed E-state index contributed by atoms with van der Waals surface area (Å²) < 4.78 is 0. The third kappa shape index (κ3) is 2.41. The van der Waals surface area contributed by atoms with Crippen LogP contribution in [0.4, 0.5) is 5.95 Å². The summed E-state index contributed by atoms with van der Waals surface area (Å²) in [6, 6.07) is -0.322. The lowest BCUT2D eigenvalue weighted by atomic mass is 10.3. The van der Waals surface area contributed by atoms with Crippen molar-refractivity contribution in [3.05, 3.63) is 23.5 Å². The molecule has 1 atom stereocenters. The predicted octanol–water partition coefficient (Wildman–Crippen LogP) is -0.0906. The number of carbonyl (C=O) groups excluding carboxylic acids is 1. The molecule has 0 aliphatic rings. The van der Waals surface area contributed by atoms with Crippen molar-refractivity contribution in [1.29, 1.82) is 0 Å². The zero-order valence-electron chi connectivity index (χ0n) is 9.48. The monoisotopic (exact) mass is 235 g/mol. The normalized spacial score (nSPS) is 12.4. The Bertz CT molecular complexity index is 529. The van der Waals surface area contributed by atoms with Crippen molar-refractivity contribution in [1.82, 2.24) is 30.5 Å². The molecule has 8 heteroatoms. The zero-order chi connectivity index (χ0) is 12.4. The van der Waals surface area contributed by atoms with E-state index in [1.807, 2.05) is 6.92 Å². The summed E-state index contributed by atoms with van der Waals surface area (Å²) >= 11 is 0.